The third-order valence-electron chi connectivity index (χ3n) is 4.29. The van der Waals surface area contributed by atoms with Gasteiger partial charge in [0.2, 0.25) is 0 Å². The summed E-state index contributed by atoms with van der Waals surface area (Å²) in [5, 5.41) is 13.6. The highest BCUT2D eigenvalue weighted by atomic mass is 16.3. The first-order chi connectivity index (χ1) is 11.8. The third kappa shape index (κ3) is 2.55. The van der Waals surface area contributed by atoms with Crippen LogP contribution in [-0.4, -0.2) is 49.7 Å². The maximum absolute atomic E-state index is 12.9. The molecule has 0 bridgehead atoms. The summed E-state index contributed by atoms with van der Waals surface area (Å²) >= 11 is 0. The minimum atomic E-state index is -0.112. The number of fused-ring (bicyclic) bond motifs is 1. The van der Waals surface area contributed by atoms with E-state index in [-0.39, 0.29) is 18.6 Å². The molecule has 1 aliphatic rings. The molecule has 0 aliphatic heterocycles. The first kappa shape index (κ1) is 14.8. The van der Waals surface area contributed by atoms with Crippen LogP contribution in [0.25, 0.3) is 16.9 Å². The van der Waals surface area contributed by atoms with Crippen molar-refractivity contribution in [2.24, 2.45) is 0 Å². The van der Waals surface area contributed by atoms with E-state index in [9.17, 15) is 9.90 Å². The van der Waals surface area contributed by atoms with Crippen LogP contribution in [0.4, 0.5) is 0 Å². The van der Waals surface area contributed by atoms with E-state index < -0.39 is 0 Å². The van der Waals surface area contributed by atoms with E-state index in [1.165, 1.54) is 0 Å². The van der Waals surface area contributed by atoms with Crippen molar-refractivity contribution in [2.75, 3.05) is 13.2 Å². The molecule has 2 heterocycles. The van der Waals surface area contributed by atoms with E-state index in [4.69, 9.17) is 0 Å². The molecular formula is C18H18N4O2. The van der Waals surface area contributed by atoms with Crippen LogP contribution in [0.3, 0.4) is 0 Å². The fraction of sp³-hybridized carbons (Fsp3) is 0.278. The summed E-state index contributed by atoms with van der Waals surface area (Å²) in [5.74, 6) is -0.112. The smallest absolute Gasteiger partial charge is 0.259 e. The van der Waals surface area contributed by atoms with Crippen LogP contribution in [0.15, 0.2) is 48.8 Å². The second-order valence-electron chi connectivity index (χ2n) is 5.94. The Kier molecular flexibility index (Phi) is 3.74. The maximum atomic E-state index is 12.9. The van der Waals surface area contributed by atoms with Gasteiger partial charge < -0.3 is 10.0 Å². The summed E-state index contributed by atoms with van der Waals surface area (Å²) < 4.78 is 1.70. The van der Waals surface area contributed by atoms with Crippen molar-refractivity contribution in [3.8, 4) is 11.3 Å². The van der Waals surface area contributed by atoms with Crippen LogP contribution < -0.4 is 0 Å². The van der Waals surface area contributed by atoms with Crippen molar-refractivity contribution in [3.63, 3.8) is 0 Å². The lowest BCUT2D eigenvalue weighted by molar-refractivity contribution is 0.0709. The topological polar surface area (TPSA) is 70.7 Å². The lowest BCUT2D eigenvalue weighted by Gasteiger charge is -2.20. The Hall–Kier alpha value is -2.73. The van der Waals surface area contributed by atoms with Gasteiger partial charge in [0.15, 0.2) is 5.65 Å². The van der Waals surface area contributed by atoms with Gasteiger partial charge in [-0.25, -0.2) is 9.50 Å². The molecule has 0 saturated heterocycles. The molecule has 1 aliphatic carbocycles. The van der Waals surface area contributed by atoms with Gasteiger partial charge in [-0.15, -0.1) is 0 Å². The van der Waals surface area contributed by atoms with Crippen molar-refractivity contribution in [3.05, 3.63) is 54.4 Å². The van der Waals surface area contributed by atoms with E-state index in [0.29, 0.717) is 17.8 Å². The van der Waals surface area contributed by atoms with Gasteiger partial charge >= 0.3 is 0 Å². The Morgan fingerprint density at radius 1 is 1.25 bits per heavy atom. The molecule has 24 heavy (non-hydrogen) atoms. The molecule has 122 valence electrons. The van der Waals surface area contributed by atoms with Crippen molar-refractivity contribution in [1.82, 2.24) is 19.5 Å². The average Bonchev–Trinajstić information content (AvgIpc) is 3.37. The van der Waals surface area contributed by atoms with E-state index in [1.54, 1.807) is 21.8 Å². The van der Waals surface area contributed by atoms with E-state index in [1.807, 2.05) is 36.4 Å². The van der Waals surface area contributed by atoms with Crippen molar-refractivity contribution >= 4 is 11.6 Å². The molecule has 0 radical (unpaired) electrons. The lowest BCUT2D eigenvalue weighted by atomic mass is 10.1. The Balaban J connectivity index is 1.77. The highest BCUT2D eigenvalue weighted by Gasteiger charge is 2.34. The van der Waals surface area contributed by atoms with E-state index >= 15 is 0 Å². The summed E-state index contributed by atoms with van der Waals surface area (Å²) in [6.07, 6.45) is 5.26. The van der Waals surface area contributed by atoms with Crippen LogP contribution in [0.1, 0.15) is 23.2 Å². The second-order valence-corrected chi connectivity index (χ2v) is 5.94. The zero-order chi connectivity index (χ0) is 16.5. The van der Waals surface area contributed by atoms with Gasteiger partial charge in [-0.05, 0) is 18.9 Å². The van der Waals surface area contributed by atoms with Gasteiger partial charge in [-0.2, -0.15) is 5.10 Å². The number of carbonyl (C=O) groups is 1. The number of benzene rings is 1. The fourth-order valence-corrected chi connectivity index (χ4v) is 2.97. The predicted octanol–water partition coefficient (Wildman–Crippen LogP) is 1.99. The first-order valence-electron chi connectivity index (χ1n) is 8.09. The van der Waals surface area contributed by atoms with Crippen molar-refractivity contribution in [2.45, 2.75) is 18.9 Å². The zero-order valence-corrected chi connectivity index (χ0v) is 13.2. The average molecular weight is 322 g/mol. The van der Waals surface area contributed by atoms with Gasteiger partial charge in [0.25, 0.3) is 5.91 Å². The van der Waals surface area contributed by atoms with Gasteiger partial charge in [0.05, 0.1) is 18.5 Å². The van der Waals surface area contributed by atoms with Crippen LogP contribution in [-0.2, 0) is 0 Å². The number of hydrogen-bond donors (Lipinski definition) is 1. The molecule has 0 unspecified atom stereocenters. The molecule has 1 amide bonds. The summed E-state index contributed by atoms with van der Waals surface area (Å²) in [6.45, 7) is 0.309. The molecule has 1 aromatic carbocycles. The first-order valence-corrected chi connectivity index (χ1v) is 8.09. The van der Waals surface area contributed by atoms with Crippen LogP contribution >= 0.6 is 0 Å². The monoisotopic (exact) mass is 322 g/mol. The summed E-state index contributed by atoms with van der Waals surface area (Å²) in [4.78, 5) is 19.0. The van der Waals surface area contributed by atoms with E-state index in [2.05, 4.69) is 10.1 Å². The van der Waals surface area contributed by atoms with Crippen LogP contribution in [0, 0.1) is 0 Å². The standard InChI is InChI=1S/C18H18N4O2/c23-11-10-21(14-6-7-14)18(24)15-12-20-22-16(8-9-19-17(15)22)13-4-2-1-3-5-13/h1-5,8-9,12,14,23H,6-7,10-11H2. The molecule has 0 atom stereocenters. The van der Waals surface area contributed by atoms with Gasteiger partial charge in [0, 0.05) is 24.3 Å². The maximum Gasteiger partial charge on any atom is 0.259 e. The number of aliphatic hydroxyl groups is 1. The van der Waals surface area contributed by atoms with Crippen molar-refractivity contribution in [1.29, 1.82) is 0 Å². The quantitative estimate of drug-likeness (QED) is 0.780. The number of nitrogens with zero attached hydrogens (tertiary/aromatic N) is 4. The number of hydrogen-bond acceptors (Lipinski definition) is 4. The molecule has 4 rings (SSSR count). The summed E-state index contributed by atoms with van der Waals surface area (Å²) in [7, 11) is 0. The van der Waals surface area contributed by atoms with E-state index in [0.717, 1.165) is 24.1 Å². The van der Waals surface area contributed by atoms with Gasteiger partial charge in [-0.3, -0.25) is 4.79 Å². The summed E-state index contributed by atoms with van der Waals surface area (Å²) in [5.41, 5.74) is 2.93. The zero-order valence-electron chi connectivity index (χ0n) is 13.2. The molecule has 3 aromatic rings. The van der Waals surface area contributed by atoms with Crippen molar-refractivity contribution < 1.29 is 9.90 Å². The predicted molar refractivity (Wildman–Crippen MR) is 89.6 cm³/mol. The number of carbonyl (C=O) groups excluding carboxylic acids is 1. The largest absolute Gasteiger partial charge is 0.395 e. The molecule has 6 heteroatoms. The normalized spacial score (nSPS) is 14.0. The Morgan fingerprint density at radius 2 is 2.04 bits per heavy atom. The number of rotatable bonds is 5. The van der Waals surface area contributed by atoms with Gasteiger partial charge in [-0.1, -0.05) is 30.3 Å². The molecule has 1 saturated carbocycles. The summed E-state index contributed by atoms with van der Waals surface area (Å²) in [6, 6.07) is 12.0. The van der Waals surface area contributed by atoms with Crippen LogP contribution in [0.2, 0.25) is 0 Å². The third-order valence-corrected chi connectivity index (χ3v) is 4.29. The molecule has 1 N–H and O–H groups in total. The molecule has 1 fully saturated rings. The minimum absolute atomic E-state index is 0.0376. The Bertz CT molecular complexity index is 871. The SMILES string of the molecule is O=C(c1cnn2c(-c3ccccc3)ccnc12)N(CCO)C1CC1. The Labute approximate surface area is 139 Å². The number of aliphatic hydroxyl groups excluding tert-OH is 1. The minimum Gasteiger partial charge on any atom is -0.395 e. The highest BCUT2D eigenvalue weighted by Crippen LogP contribution is 2.29. The number of amides is 1. The van der Waals surface area contributed by atoms with Gasteiger partial charge in [0.1, 0.15) is 5.56 Å². The van der Waals surface area contributed by atoms with Crippen LogP contribution in [0.5, 0.6) is 0 Å². The lowest BCUT2D eigenvalue weighted by Crippen LogP contribution is -2.35. The molecular weight excluding hydrogens is 304 g/mol. The Morgan fingerprint density at radius 3 is 2.75 bits per heavy atom. The molecule has 6 nitrogen and oxygen atoms in total. The molecule has 0 spiro atoms. The highest BCUT2D eigenvalue weighted by molar-refractivity contribution is 6.00. The number of aromatic nitrogens is 3. The second kappa shape index (κ2) is 6.05. The fourth-order valence-electron chi connectivity index (χ4n) is 2.97. The molecule has 2 aromatic heterocycles.